The van der Waals surface area contributed by atoms with E-state index in [0.717, 1.165) is 19.3 Å². The summed E-state index contributed by atoms with van der Waals surface area (Å²) < 4.78 is 27.1. The number of aromatic hydroxyl groups is 3. The fourth-order valence-electron chi connectivity index (χ4n) is 2.56. The first kappa shape index (κ1) is 21.1. The van der Waals surface area contributed by atoms with Crippen molar-refractivity contribution in [3.8, 4) is 46.0 Å². The number of hydrogen-bond acceptors (Lipinski definition) is 8. The molecule has 154 valence electrons. The maximum atomic E-state index is 9.44. The molecule has 0 spiro atoms. The summed E-state index contributed by atoms with van der Waals surface area (Å²) in [5.41, 5.74) is 0. The second kappa shape index (κ2) is 10.2. The Labute approximate surface area is 163 Å². The van der Waals surface area contributed by atoms with Gasteiger partial charge in [-0.2, -0.15) is 0 Å². The molecule has 0 saturated heterocycles. The van der Waals surface area contributed by atoms with Crippen molar-refractivity contribution in [1.82, 2.24) is 0 Å². The first-order valence-electron chi connectivity index (χ1n) is 8.80. The lowest BCUT2D eigenvalue weighted by Gasteiger charge is -2.14. The average Bonchev–Trinajstić information content (AvgIpc) is 2.70. The van der Waals surface area contributed by atoms with E-state index < -0.39 is 17.2 Å². The Morgan fingerprint density at radius 3 is 1.54 bits per heavy atom. The molecular formula is C20H26O8. The van der Waals surface area contributed by atoms with E-state index in [4.69, 9.17) is 23.7 Å². The molecule has 0 bridgehead atoms. The maximum absolute atomic E-state index is 9.44. The van der Waals surface area contributed by atoms with Crippen LogP contribution in [0.2, 0.25) is 0 Å². The molecule has 2 aromatic carbocycles. The molecular weight excluding hydrogens is 368 g/mol. The third-order valence-corrected chi connectivity index (χ3v) is 4.01. The minimum Gasteiger partial charge on any atom is -0.504 e. The molecule has 2 aromatic rings. The molecule has 0 radical (unpaired) electrons. The first-order chi connectivity index (χ1) is 13.5. The monoisotopic (exact) mass is 394 g/mol. The predicted molar refractivity (Wildman–Crippen MR) is 102 cm³/mol. The highest BCUT2D eigenvalue weighted by Crippen LogP contribution is 2.41. The van der Waals surface area contributed by atoms with Crippen LogP contribution in [0.15, 0.2) is 24.3 Å². The molecule has 0 fully saturated rings. The highest BCUT2D eigenvalue weighted by atomic mass is 16.5. The van der Waals surface area contributed by atoms with E-state index in [1.165, 1.54) is 12.1 Å². The second-order valence-corrected chi connectivity index (χ2v) is 5.93. The highest BCUT2D eigenvalue weighted by molar-refractivity contribution is 5.56. The van der Waals surface area contributed by atoms with Gasteiger partial charge in [-0.25, -0.2) is 0 Å². The minimum absolute atomic E-state index is 0.293. The van der Waals surface area contributed by atoms with E-state index in [0.29, 0.717) is 42.0 Å². The van der Waals surface area contributed by atoms with Gasteiger partial charge in [0.1, 0.15) is 11.5 Å². The van der Waals surface area contributed by atoms with Crippen LogP contribution in [0, 0.1) is 0 Å². The number of unbranched alkanes of at least 4 members (excludes halogenated alkanes) is 2. The summed E-state index contributed by atoms with van der Waals surface area (Å²) in [6.07, 6.45) is 2.44. The van der Waals surface area contributed by atoms with Crippen LogP contribution in [0.1, 0.15) is 19.3 Å². The minimum atomic E-state index is -0.559. The summed E-state index contributed by atoms with van der Waals surface area (Å²) >= 11 is 0. The summed E-state index contributed by atoms with van der Waals surface area (Å²) in [5, 5.41) is 28.2. The van der Waals surface area contributed by atoms with Gasteiger partial charge in [-0.1, -0.05) is 0 Å². The van der Waals surface area contributed by atoms with Crippen LogP contribution in [0.5, 0.6) is 46.0 Å². The Hall–Kier alpha value is -3.16. The molecule has 0 heterocycles. The van der Waals surface area contributed by atoms with E-state index in [1.807, 2.05) is 0 Å². The van der Waals surface area contributed by atoms with Gasteiger partial charge in [0.15, 0.2) is 23.0 Å². The standard InChI is InChI=1S/C20H26O8/c1-24-17-11-14(12-18(25-2)20(17)26-3)28-8-6-4-5-7-27-13-9-15(21)19(23)16(22)10-13/h9-12,21-23H,4-8H2,1-3H3. The van der Waals surface area contributed by atoms with Crippen molar-refractivity contribution in [2.45, 2.75) is 19.3 Å². The summed E-state index contributed by atoms with van der Waals surface area (Å²) in [7, 11) is 4.65. The molecule has 3 N–H and O–H groups in total. The summed E-state index contributed by atoms with van der Waals surface area (Å²) in [6.45, 7) is 0.924. The lowest BCUT2D eigenvalue weighted by Crippen LogP contribution is -2.02. The molecule has 8 heteroatoms. The molecule has 28 heavy (non-hydrogen) atoms. The zero-order valence-corrected chi connectivity index (χ0v) is 16.2. The van der Waals surface area contributed by atoms with Gasteiger partial charge in [-0.3, -0.25) is 0 Å². The molecule has 0 aliphatic rings. The Bertz CT molecular complexity index is 727. The summed E-state index contributed by atoms with van der Waals surface area (Å²) in [5.74, 6) is 1.10. The molecule has 0 aromatic heterocycles. The zero-order valence-electron chi connectivity index (χ0n) is 16.2. The fraction of sp³-hybridized carbons (Fsp3) is 0.400. The van der Waals surface area contributed by atoms with Gasteiger partial charge in [-0.15, -0.1) is 0 Å². The molecule has 0 amide bonds. The van der Waals surface area contributed by atoms with Crippen LogP contribution >= 0.6 is 0 Å². The van der Waals surface area contributed by atoms with E-state index in [2.05, 4.69) is 0 Å². The Balaban J connectivity index is 1.73. The SMILES string of the molecule is COc1cc(OCCCCCOc2cc(O)c(O)c(O)c2)cc(OC)c1OC. The number of ether oxygens (including phenoxy) is 5. The average molecular weight is 394 g/mol. The van der Waals surface area contributed by atoms with Crippen LogP contribution in [0.4, 0.5) is 0 Å². The molecule has 0 aliphatic heterocycles. The van der Waals surface area contributed by atoms with E-state index in [9.17, 15) is 15.3 Å². The van der Waals surface area contributed by atoms with E-state index in [-0.39, 0.29) is 0 Å². The molecule has 2 rings (SSSR count). The fourth-order valence-corrected chi connectivity index (χ4v) is 2.56. The number of benzene rings is 2. The number of phenolic OH excluding ortho intramolecular Hbond substituents is 3. The van der Waals surface area contributed by atoms with Crippen molar-refractivity contribution in [3.05, 3.63) is 24.3 Å². The highest BCUT2D eigenvalue weighted by Gasteiger charge is 2.14. The summed E-state index contributed by atoms with van der Waals surface area (Å²) in [4.78, 5) is 0. The van der Waals surface area contributed by atoms with E-state index >= 15 is 0 Å². The largest absolute Gasteiger partial charge is 0.504 e. The van der Waals surface area contributed by atoms with Crippen LogP contribution in [0.25, 0.3) is 0 Å². The molecule has 8 nitrogen and oxygen atoms in total. The molecule has 0 atom stereocenters. The van der Waals surface area contributed by atoms with Gasteiger partial charge in [0.05, 0.1) is 34.5 Å². The lowest BCUT2D eigenvalue weighted by molar-refractivity contribution is 0.273. The topological polar surface area (TPSA) is 107 Å². The van der Waals surface area contributed by atoms with Gasteiger partial charge in [0.25, 0.3) is 0 Å². The lowest BCUT2D eigenvalue weighted by atomic mass is 10.2. The number of phenols is 3. The zero-order chi connectivity index (χ0) is 20.5. The van der Waals surface area contributed by atoms with Crippen LogP contribution in [-0.4, -0.2) is 49.9 Å². The molecule has 0 unspecified atom stereocenters. The van der Waals surface area contributed by atoms with Gasteiger partial charge >= 0.3 is 0 Å². The second-order valence-electron chi connectivity index (χ2n) is 5.93. The number of rotatable bonds is 11. The first-order valence-corrected chi connectivity index (χ1v) is 8.80. The Morgan fingerprint density at radius 2 is 1.11 bits per heavy atom. The number of methoxy groups -OCH3 is 3. The molecule has 0 saturated carbocycles. The quantitative estimate of drug-likeness (QED) is 0.393. The maximum Gasteiger partial charge on any atom is 0.203 e. The smallest absolute Gasteiger partial charge is 0.203 e. The Morgan fingerprint density at radius 1 is 0.643 bits per heavy atom. The van der Waals surface area contributed by atoms with Gasteiger partial charge < -0.3 is 39.0 Å². The van der Waals surface area contributed by atoms with Crippen molar-refractivity contribution in [2.75, 3.05) is 34.5 Å². The van der Waals surface area contributed by atoms with Gasteiger partial charge in [0, 0.05) is 24.3 Å². The normalized spacial score (nSPS) is 10.4. The van der Waals surface area contributed by atoms with Crippen LogP contribution < -0.4 is 23.7 Å². The predicted octanol–water partition coefficient (Wildman–Crippen LogP) is 3.46. The molecule has 0 aliphatic carbocycles. The van der Waals surface area contributed by atoms with Crippen molar-refractivity contribution in [3.63, 3.8) is 0 Å². The van der Waals surface area contributed by atoms with E-state index in [1.54, 1.807) is 33.5 Å². The van der Waals surface area contributed by atoms with Crippen molar-refractivity contribution in [1.29, 1.82) is 0 Å². The third kappa shape index (κ3) is 5.42. The van der Waals surface area contributed by atoms with Gasteiger partial charge in [-0.05, 0) is 19.3 Å². The third-order valence-electron chi connectivity index (χ3n) is 4.01. The van der Waals surface area contributed by atoms with Crippen molar-refractivity contribution < 1.29 is 39.0 Å². The number of hydrogen-bond donors (Lipinski definition) is 3. The van der Waals surface area contributed by atoms with Crippen molar-refractivity contribution in [2.24, 2.45) is 0 Å². The van der Waals surface area contributed by atoms with Crippen molar-refractivity contribution >= 4 is 0 Å². The van der Waals surface area contributed by atoms with Gasteiger partial charge in [0.2, 0.25) is 11.5 Å². The summed E-state index contributed by atoms with van der Waals surface area (Å²) in [6, 6.07) is 5.99. The van der Waals surface area contributed by atoms with Crippen LogP contribution in [-0.2, 0) is 0 Å². The van der Waals surface area contributed by atoms with Crippen LogP contribution in [0.3, 0.4) is 0 Å². The Kier molecular flexibility index (Phi) is 7.74.